The molecule has 0 saturated heterocycles. The molecule has 1 aliphatic heterocycles. The number of rotatable bonds is 0. The lowest BCUT2D eigenvalue weighted by atomic mass is 9.83. The van der Waals surface area contributed by atoms with Crippen LogP contribution in [0.2, 0.25) is 5.15 Å². The third kappa shape index (κ3) is 0.960. The van der Waals surface area contributed by atoms with Crippen LogP contribution in [0.15, 0.2) is 11.3 Å². The second-order valence-corrected chi connectivity index (χ2v) is 4.34. The Kier molecular flexibility index (Phi) is 1.65. The first-order valence-electron chi connectivity index (χ1n) is 4.88. The quantitative estimate of drug-likeness (QED) is 0.614. The normalized spacial score (nSPS) is 21.8. The van der Waals surface area contributed by atoms with Gasteiger partial charge in [0.15, 0.2) is 5.82 Å². The third-order valence-corrected chi connectivity index (χ3v) is 3.50. The van der Waals surface area contributed by atoms with Gasteiger partial charge in [-0.25, -0.2) is 15.0 Å². The fourth-order valence-corrected chi connectivity index (χ4v) is 2.83. The lowest BCUT2D eigenvalue weighted by Gasteiger charge is -2.20. The first kappa shape index (κ1) is 8.36. The molecule has 2 heterocycles. The van der Waals surface area contributed by atoms with Gasteiger partial charge in [0.05, 0.1) is 0 Å². The van der Waals surface area contributed by atoms with Crippen molar-refractivity contribution in [1.82, 2.24) is 9.97 Å². The Balaban J connectivity index is 2.21. The summed E-state index contributed by atoms with van der Waals surface area (Å²) in [6, 6.07) is 0. The Morgan fingerprint density at radius 3 is 2.79 bits per heavy atom. The van der Waals surface area contributed by atoms with Gasteiger partial charge in [0.2, 0.25) is 0 Å². The van der Waals surface area contributed by atoms with Crippen molar-refractivity contribution in [3.05, 3.63) is 17.0 Å². The molecule has 1 spiro atoms. The van der Waals surface area contributed by atoms with Gasteiger partial charge in [-0.3, -0.25) is 0 Å². The van der Waals surface area contributed by atoms with Crippen molar-refractivity contribution < 1.29 is 0 Å². The van der Waals surface area contributed by atoms with E-state index in [1.807, 2.05) is 6.21 Å². The number of aromatic nitrogens is 2. The molecule has 0 unspecified atom stereocenters. The summed E-state index contributed by atoms with van der Waals surface area (Å²) in [6.45, 7) is 0. The SMILES string of the molecule is Clc1ncnc2c1C1(C=N2)CCCC1. The molecule has 1 fully saturated rings. The van der Waals surface area contributed by atoms with Gasteiger partial charge in [0, 0.05) is 17.2 Å². The molecule has 1 saturated carbocycles. The van der Waals surface area contributed by atoms with Crippen molar-refractivity contribution >= 4 is 23.6 Å². The van der Waals surface area contributed by atoms with Gasteiger partial charge in [-0.2, -0.15) is 0 Å². The van der Waals surface area contributed by atoms with Gasteiger partial charge in [-0.05, 0) is 12.8 Å². The van der Waals surface area contributed by atoms with E-state index in [0.29, 0.717) is 5.15 Å². The largest absolute Gasteiger partial charge is 0.240 e. The van der Waals surface area contributed by atoms with Crippen LogP contribution in [0, 0.1) is 0 Å². The van der Waals surface area contributed by atoms with E-state index in [1.165, 1.54) is 19.2 Å². The highest BCUT2D eigenvalue weighted by Gasteiger charge is 2.41. The van der Waals surface area contributed by atoms with Gasteiger partial charge in [-0.15, -0.1) is 0 Å². The van der Waals surface area contributed by atoms with E-state index in [-0.39, 0.29) is 5.41 Å². The molecule has 14 heavy (non-hydrogen) atoms. The van der Waals surface area contributed by atoms with E-state index in [0.717, 1.165) is 24.2 Å². The predicted molar refractivity (Wildman–Crippen MR) is 55.3 cm³/mol. The molecule has 3 rings (SSSR count). The summed E-state index contributed by atoms with van der Waals surface area (Å²) >= 11 is 6.11. The summed E-state index contributed by atoms with van der Waals surface area (Å²) in [4.78, 5) is 12.5. The van der Waals surface area contributed by atoms with Gasteiger partial charge in [0.1, 0.15) is 11.5 Å². The maximum absolute atomic E-state index is 6.11. The molecule has 0 aromatic carbocycles. The predicted octanol–water partition coefficient (Wildman–Crippen LogP) is 2.66. The maximum atomic E-state index is 6.11. The molecular formula is C10H10ClN3. The molecular weight excluding hydrogens is 198 g/mol. The number of fused-ring (bicyclic) bond motifs is 2. The van der Waals surface area contributed by atoms with Crippen LogP contribution in [0.3, 0.4) is 0 Å². The smallest absolute Gasteiger partial charge is 0.160 e. The topological polar surface area (TPSA) is 38.1 Å². The van der Waals surface area contributed by atoms with Crippen LogP contribution in [-0.2, 0) is 5.41 Å². The zero-order valence-corrected chi connectivity index (χ0v) is 8.46. The van der Waals surface area contributed by atoms with Crippen molar-refractivity contribution in [1.29, 1.82) is 0 Å². The van der Waals surface area contributed by atoms with Crippen LogP contribution in [0.1, 0.15) is 31.2 Å². The van der Waals surface area contributed by atoms with Gasteiger partial charge in [0.25, 0.3) is 0 Å². The van der Waals surface area contributed by atoms with Crippen LogP contribution >= 0.6 is 11.6 Å². The molecule has 0 radical (unpaired) electrons. The van der Waals surface area contributed by atoms with E-state index in [1.54, 1.807) is 0 Å². The minimum atomic E-state index is 0.0632. The Bertz CT molecular complexity index is 408. The zero-order chi connectivity index (χ0) is 9.60. The highest BCUT2D eigenvalue weighted by atomic mass is 35.5. The molecule has 0 N–H and O–H groups in total. The van der Waals surface area contributed by atoms with Crippen LogP contribution in [-0.4, -0.2) is 16.2 Å². The van der Waals surface area contributed by atoms with Gasteiger partial charge < -0.3 is 0 Å². The molecule has 0 atom stereocenters. The summed E-state index contributed by atoms with van der Waals surface area (Å²) in [5.41, 5.74) is 1.12. The number of hydrogen-bond donors (Lipinski definition) is 0. The number of halogens is 1. The van der Waals surface area contributed by atoms with Crippen molar-refractivity contribution in [2.45, 2.75) is 31.1 Å². The van der Waals surface area contributed by atoms with Gasteiger partial charge in [-0.1, -0.05) is 24.4 Å². The molecule has 1 aromatic rings. The van der Waals surface area contributed by atoms with Crippen LogP contribution in [0.5, 0.6) is 0 Å². The minimum Gasteiger partial charge on any atom is -0.240 e. The maximum Gasteiger partial charge on any atom is 0.160 e. The number of aliphatic imine (C=N–C) groups is 1. The van der Waals surface area contributed by atoms with Crippen molar-refractivity contribution in [2.75, 3.05) is 0 Å². The lowest BCUT2D eigenvalue weighted by molar-refractivity contribution is 0.620. The second kappa shape index (κ2) is 2.76. The van der Waals surface area contributed by atoms with E-state index in [4.69, 9.17) is 11.6 Å². The van der Waals surface area contributed by atoms with Crippen LogP contribution in [0.4, 0.5) is 5.82 Å². The second-order valence-electron chi connectivity index (χ2n) is 3.98. The van der Waals surface area contributed by atoms with E-state index >= 15 is 0 Å². The monoisotopic (exact) mass is 207 g/mol. The Morgan fingerprint density at radius 1 is 1.21 bits per heavy atom. The van der Waals surface area contributed by atoms with E-state index in [2.05, 4.69) is 15.0 Å². The number of hydrogen-bond acceptors (Lipinski definition) is 3. The fourth-order valence-electron chi connectivity index (χ4n) is 2.52. The summed E-state index contributed by atoms with van der Waals surface area (Å²) in [6.07, 6.45) is 8.26. The highest BCUT2D eigenvalue weighted by Crippen LogP contribution is 2.48. The summed E-state index contributed by atoms with van der Waals surface area (Å²) in [7, 11) is 0. The first-order chi connectivity index (χ1) is 6.82. The molecule has 0 bridgehead atoms. The fraction of sp³-hybridized carbons (Fsp3) is 0.500. The van der Waals surface area contributed by atoms with Gasteiger partial charge >= 0.3 is 0 Å². The summed E-state index contributed by atoms with van der Waals surface area (Å²) in [5, 5.41) is 0.578. The molecule has 3 nitrogen and oxygen atoms in total. The van der Waals surface area contributed by atoms with Crippen molar-refractivity contribution in [2.24, 2.45) is 4.99 Å². The molecule has 4 heteroatoms. The minimum absolute atomic E-state index is 0.0632. The average molecular weight is 208 g/mol. The number of nitrogens with zero attached hydrogens (tertiary/aromatic N) is 3. The van der Waals surface area contributed by atoms with Crippen molar-refractivity contribution in [3.63, 3.8) is 0 Å². The van der Waals surface area contributed by atoms with Crippen molar-refractivity contribution in [3.8, 4) is 0 Å². The molecule has 72 valence electrons. The first-order valence-corrected chi connectivity index (χ1v) is 5.26. The molecule has 2 aliphatic rings. The standard InChI is InChI=1S/C10H10ClN3/c11-8-7-9(14-6-13-8)12-5-10(7)3-1-2-4-10/h5-6H,1-4H2. The van der Waals surface area contributed by atoms with Crippen LogP contribution in [0.25, 0.3) is 0 Å². The zero-order valence-electron chi connectivity index (χ0n) is 7.70. The average Bonchev–Trinajstić information content (AvgIpc) is 2.77. The van der Waals surface area contributed by atoms with Crippen LogP contribution < -0.4 is 0 Å². The van der Waals surface area contributed by atoms with E-state index < -0.39 is 0 Å². The molecule has 1 aliphatic carbocycles. The van der Waals surface area contributed by atoms with E-state index in [9.17, 15) is 0 Å². The Labute approximate surface area is 87.2 Å². The highest BCUT2D eigenvalue weighted by molar-refractivity contribution is 6.31. The molecule has 0 amide bonds. The Hall–Kier alpha value is -0.960. The third-order valence-electron chi connectivity index (χ3n) is 3.21. The summed E-state index contributed by atoms with van der Waals surface area (Å²) < 4.78 is 0. The summed E-state index contributed by atoms with van der Waals surface area (Å²) in [5.74, 6) is 0.770. The Morgan fingerprint density at radius 2 is 2.00 bits per heavy atom. The lowest BCUT2D eigenvalue weighted by Crippen LogP contribution is -2.21. The molecule has 1 aromatic heterocycles.